The predicted octanol–water partition coefficient (Wildman–Crippen LogP) is 4.75. The molecular weight excluding hydrogens is 430 g/mol. The molecule has 0 spiro atoms. The molecule has 1 aliphatic rings. The first-order valence-electron chi connectivity index (χ1n) is 9.07. The summed E-state index contributed by atoms with van der Waals surface area (Å²) in [5.41, 5.74) is 0.733. The van der Waals surface area contributed by atoms with Crippen molar-refractivity contribution < 1.29 is 14.0 Å². The minimum Gasteiger partial charge on any atom is -0.597 e. The van der Waals surface area contributed by atoms with Crippen molar-refractivity contribution in [2.75, 3.05) is 26.6 Å². The summed E-state index contributed by atoms with van der Waals surface area (Å²) >= 11 is 2.30. The quantitative estimate of drug-likeness (QED) is 0.242. The van der Waals surface area contributed by atoms with Gasteiger partial charge in [-0.05, 0) is 44.5 Å². The van der Waals surface area contributed by atoms with Gasteiger partial charge < -0.3 is 14.0 Å². The minimum atomic E-state index is -1.20. The molecule has 148 valence electrons. The van der Waals surface area contributed by atoms with Gasteiger partial charge in [-0.25, -0.2) is 0 Å². The van der Waals surface area contributed by atoms with Crippen molar-refractivity contribution in [2.24, 2.45) is 0 Å². The summed E-state index contributed by atoms with van der Waals surface area (Å²) in [6.45, 7) is 15.2. The highest BCUT2D eigenvalue weighted by Crippen LogP contribution is 2.41. The molecule has 0 bridgehead atoms. The van der Waals surface area contributed by atoms with Crippen molar-refractivity contribution >= 4 is 35.4 Å². The molecule has 0 radical (unpaired) electrons. The molecule has 4 nitrogen and oxygen atoms in total. The number of benzene rings is 1. The van der Waals surface area contributed by atoms with E-state index >= 15 is 0 Å². The van der Waals surface area contributed by atoms with Crippen molar-refractivity contribution in [3.8, 4) is 0 Å². The lowest BCUT2D eigenvalue weighted by Gasteiger charge is -2.49. The van der Waals surface area contributed by atoms with Crippen molar-refractivity contribution in [3.63, 3.8) is 0 Å². The molecule has 0 N–H and O–H groups in total. The molecule has 1 fully saturated rings. The molecule has 1 unspecified atom stereocenters. The van der Waals surface area contributed by atoms with Gasteiger partial charge in [0.2, 0.25) is 0 Å². The average molecular weight is 463 g/mol. The van der Waals surface area contributed by atoms with Crippen molar-refractivity contribution in [3.05, 3.63) is 34.3 Å². The fraction of sp³-hybridized carbons (Fsp3) is 0.684. The van der Waals surface area contributed by atoms with Crippen LogP contribution in [0.2, 0.25) is 25.7 Å². The van der Waals surface area contributed by atoms with E-state index in [1.807, 2.05) is 37.2 Å². The van der Waals surface area contributed by atoms with Crippen molar-refractivity contribution in [1.29, 1.82) is 0 Å². The summed E-state index contributed by atoms with van der Waals surface area (Å²) in [4.78, 5) is 0. The lowest BCUT2D eigenvalue weighted by atomic mass is 9.88. The second-order valence-electron chi connectivity index (χ2n) is 9.12. The fourth-order valence-electron chi connectivity index (χ4n) is 2.70. The van der Waals surface area contributed by atoms with Gasteiger partial charge >= 0.3 is 0 Å². The number of rotatable bonds is 8. The highest BCUT2D eigenvalue weighted by atomic mass is 79.9. The third kappa shape index (κ3) is 5.56. The molecule has 0 aliphatic carbocycles. The Bertz CT molecular complexity index is 582. The van der Waals surface area contributed by atoms with Gasteiger partial charge in [-0.3, -0.25) is 0 Å². The maximum atomic E-state index is 13.3. The zero-order valence-corrected chi connectivity index (χ0v) is 20.2. The molecule has 1 heterocycles. The molecule has 1 aliphatic heterocycles. The zero-order chi connectivity index (χ0) is 19.6. The predicted molar refractivity (Wildman–Crippen MR) is 115 cm³/mol. The molecule has 0 saturated carbocycles. The molecule has 0 aromatic heterocycles. The number of hydrogen-bond donors (Lipinski definition) is 0. The Morgan fingerprint density at radius 3 is 2.23 bits per heavy atom. The van der Waals surface area contributed by atoms with E-state index in [1.54, 1.807) is 0 Å². The normalized spacial score (nSPS) is 18.7. The standard InChI is InChI=1S/C19H32BrNO3SSi/c1-18(2,3)25(22)21(15-23-11-12-26(4,5)6)19(13-24-14-19)16-7-9-17(20)10-8-16/h7-10H,11-15H2,1-6H3. The fourth-order valence-corrected chi connectivity index (χ4v) is 5.08. The molecule has 1 saturated heterocycles. The van der Waals surface area contributed by atoms with Crippen LogP contribution in [0, 0.1) is 0 Å². The molecular formula is C19H32BrNO3SSi. The van der Waals surface area contributed by atoms with Crippen LogP contribution in [0.4, 0.5) is 0 Å². The highest BCUT2D eigenvalue weighted by Gasteiger charge is 2.54. The summed E-state index contributed by atoms with van der Waals surface area (Å²) in [6.07, 6.45) is 0. The van der Waals surface area contributed by atoms with Crippen LogP contribution in [-0.4, -0.2) is 48.2 Å². The monoisotopic (exact) mass is 461 g/mol. The van der Waals surface area contributed by atoms with E-state index in [4.69, 9.17) is 9.47 Å². The van der Waals surface area contributed by atoms with Gasteiger partial charge in [-0.2, -0.15) is 0 Å². The third-order valence-electron chi connectivity index (χ3n) is 4.47. The maximum Gasteiger partial charge on any atom is 0.143 e. The molecule has 26 heavy (non-hydrogen) atoms. The van der Waals surface area contributed by atoms with Gasteiger partial charge in [0.25, 0.3) is 0 Å². The topological polar surface area (TPSA) is 44.8 Å². The van der Waals surface area contributed by atoms with E-state index in [1.165, 1.54) is 0 Å². The van der Waals surface area contributed by atoms with E-state index in [9.17, 15) is 4.55 Å². The molecule has 0 amide bonds. The Morgan fingerprint density at radius 1 is 1.23 bits per heavy atom. The second kappa shape index (κ2) is 8.63. The second-order valence-corrected chi connectivity index (χ2v) is 17.8. The number of nitrogens with zero attached hydrogens (tertiary/aromatic N) is 1. The van der Waals surface area contributed by atoms with E-state index < -0.39 is 25.0 Å². The Labute approximate surface area is 171 Å². The van der Waals surface area contributed by atoms with Crippen LogP contribution in [0.15, 0.2) is 28.7 Å². The van der Waals surface area contributed by atoms with Crippen LogP contribution >= 0.6 is 15.9 Å². The van der Waals surface area contributed by atoms with Gasteiger partial charge in [0.05, 0.1) is 13.2 Å². The molecule has 1 aromatic rings. The average Bonchev–Trinajstić information content (AvgIpc) is 2.47. The first-order chi connectivity index (χ1) is 12.0. The van der Waals surface area contributed by atoms with Gasteiger partial charge in [0.1, 0.15) is 17.0 Å². The maximum absolute atomic E-state index is 13.3. The van der Waals surface area contributed by atoms with E-state index in [0.29, 0.717) is 26.6 Å². The van der Waals surface area contributed by atoms with Crippen LogP contribution in [0.3, 0.4) is 0 Å². The van der Waals surface area contributed by atoms with E-state index in [-0.39, 0.29) is 4.75 Å². The Hall–Kier alpha value is 0.107. The van der Waals surface area contributed by atoms with Crippen LogP contribution in [-0.2, 0) is 26.4 Å². The highest BCUT2D eigenvalue weighted by molar-refractivity contribution is 9.10. The number of hydrogen-bond acceptors (Lipinski definition) is 4. The lowest BCUT2D eigenvalue weighted by Crippen LogP contribution is -2.64. The van der Waals surface area contributed by atoms with Crippen LogP contribution in [0.25, 0.3) is 0 Å². The van der Waals surface area contributed by atoms with Crippen molar-refractivity contribution in [1.82, 2.24) is 4.31 Å². The first kappa shape index (κ1) is 22.4. The van der Waals surface area contributed by atoms with Crippen molar-refractivity contribution in [2.45, 2.75) is 56.7 Å². The summed E-state index contributed by atoms with van der Waals surface area (Å²) in [6, 6.07) is 9.33. The zero-order valence-electron chi connectivity index (χ0n) is 16.8. The van der Waals surface area contributed by atoms with Gasteiger partial charge in [0, 0.05) is 30.5 Å². The summed E-state index contributed by atoms with van der Waals surface area (Å²) < 4.78 is 27.6. The molecule has 1 atom stereocenters. The number of halogens is 1. The van der Waals surface area contributed by atoms with E-state index in [0.717, 1.165) is 16.1 Å². The Morgan fingerprint density at radius 2 is 1.81 bits per heavy atom. The van der Waals surface area contributed by atoms with E-state index in [2.05, 4.69) is 47.7 Å². The Balaban J connectivity index is 2.22. The molecule has 1 aromatic carbocycles. The minimum absolute atomic E-state index is 0.355. The van der Waals surface area contributed by atoms with Crippen LogP contribution in [0.1, 0.15) is 26.3 Å². The van der Waals surface area contributed by atoms with Crippen LogP contribution in [0.5, 0.6) is 0 Å². The summed E-state index contributed by atoms with van der Waals surface area (Å²) in [7, 11) is -1.15. The molecule has 2 rings (SSSR count). The first-order valence-corrected chi connectivity index (χ1v) is 14.7. The Kier molecular flexibility index (Phi) is 7.44. The number of ether oxygens (including phenoxy) is 2. The summed E-state index contributed by atoms with van der Waals surface area (Å²) in [5, 5.41) is 0. The van der Waals surface area contributed by atoms with Gasteiger partial charge in [-0.1, -0.05) is 52.0 Å². The van der Waals surface area contributed by atoms with Gasteiger partial charge in [0.15, 0.2) is 0 Å². The third-order valence-corrected chi connectivity index (χ3v) is 8.61. The smallest absolute Gasteiger partial charge is 0.143 e. The van der Waals surface area contributed by atoms with Crippen LogP contribution < -0.4 is 0 Å². The largest absolute Gasteiger partial charge is 0.597 e. The molecule has 7 heteroatoms. The SMILES string of the molecule is CC(C)(C)[S+]([O-])N(COCC[Si](C)(C)C)C1(c2ccc(Br)cc2)COC1. The summed E-state index contributed by atoms with van der Waals surface area (Å²) in [5.74, 6) is 0. The van der Waals surface area contributed by atoms with Gasteiger partial charge in [-0.15, -0.1) is 0 Å². The lowest BCUT2D eigenvalue weighted by molar-refractivity contribution is -0.139.